The predicted molar refractivity (Wildman–Crippen MR) is 220 cm³/mol. The fourth-order valence-electron chi connectivity index (χ4n) is 6.08. The van der Waals surface area contributed by atoms with E-state index in [4.69, 9.17) is 32.5 Å². The van der Waals surface area contributed by atoms with Crippen LogP contribution in [-0.4, -0.2) is 54.5 Å². The summed E-state index contributed by atoms with van der Waals surface area (Å²) in [7, 11) is 1.32. The first kappa shape index (κ1) is 43.3. The number of unbranched alkanes of at least 4 members (excludes halogenated alkanes) is 9. The summed E-state index contributed by atoms with van der Waals surface area (Å²) in [5, 5.41) is 1.19. The number of esters is 2. The Morgan fingerprint density at radius 2 is 1.00 bits per heavy atom. The highest BCUT2D eigenvalue weighted by Gasteiger charge is 2.27. The molecular weight excluding hydrogens is 713 g/mol. The lowest BCUT2D eigenvalue weighted by molar-refractivity contribution is 0.0717. The molecule has 0 aliphatic rings. The van der Waals surface area contributed by atoms with Gasteiger partial charge in [0.2, 0.25) is 0 Å². The summed E-state index contributed by atoms with van der Waals surface area (Å²) in [6, 6.07) is 23.8. The van der Waals surface area contributed by atoms with Gasteiger partial charge in [0.25, 0.3) is 0 Å². The SMILES string of the molecule is CCCCCCOc1ccc(C(=O)Oc2cc(OCCCCCC[Si](C)(OC)OC)c(OC(=O)c3ccc(OCCCCCC)cc3)c3ccccc23)cc1. The van der Waals surface area contributed by atoms with Crippen molar-refractivity contribution in [1.82, 2.24) is 0 Å². The van der Waals surface area contributed by atoms with Crippen molar-refractivity contribution in [3.05, 3.63) is 90.0 Å². The van der Waals surface area contributed by atoms with Gasteiger partial charge in [0.15, 0.2) is 11.5 Å². The number of benzene rings is 4. The van der Waals surface area contributed by atoms with E-state index in [0.717, 1.165) is 57.4 Å². The Morgan fingerprint density at radius 1 is 0.527 bits per heavy atom. The molecule has 0 atom stereocenters. The van der Waals surface area contributed by atoms with Crippen molar-refractivity contribution in [3.8, 4) is 28.7 Å². The summed E-state index contributed by atoms with van der Waals surface area (Å²) in [4.78, 5) is 27.0. The van der Waals surface area contributed by atoms with Crippen molar-refractivity contribution in [3.63, 3.8) is 0 Å². The normalized spacial score (nSPS) is 11.4. The standard InChI is InChI=1S/C45H60O9Si/c1-6-8-10-16-30-50-37-26-22-35(23-27-37)44(46)53-41-34-42(52-32-18-12-13-19-33-55(5,48-3)49-4)43(40-21-15-14-20-39(40)41)54-45(47)36-24-28-38(29-25-36)51-31-17-11-9-7-2/h14-15,20-29,34H,6-13,16-19,30-33H2,1-5H3. The van der Waals surface area contributed by atoms with Crippen LogP contribution in [0.15, 0.2) is 78.9 Å². The quantitative estimate of drug-likeness (QED) is 0.0267. The predicted octanol–water partition coefficient (Wildman–Crippen LogP) is 11.5. The highest BCUT2D eigenvalue weighted by Crippen LogP contribution is 2.42. The first-order valence-corrected chi connectivity index (χ1v) is 22.5. The Labute approximate surface area is 328 Å². The molecule has 10 heteroatoms. The van der Waals surface area contributed by atoms with Crippen molar-refractivity contribution in [2.75, 3.05) is 34.0 Å². The minimum absolute atomic E-state index is 0.263. The fraction of sp³-hybridized carbons (Fsp3) is 0.467. The maximum atomic E-state index is 13.6. The molecule has 0 aliphatic heterocycles. The van der Waals surface area contributed by atoms with Gasteiger partial charge < -0.3 is 32.5 Å². The van der Waals surface area contributed by atoms with E-state index < -0.39 is 20.5 Å². The Balaban J connectivity index is 1.51. The monoisotopic (exact) mass is 772 g/mol. The van der Waals surface area contributed by atoms with Crippen LogP contribution in [0.5, 0.6) is 28.7 Å². The first-order valence-electron chi connectivity index (χ1n) is 20.0. The smallest absolute Gasteiger partial charge is 0.343 e. The Morgan fingerprint density at radius 3 is 1.53 bits per heavy atom. The molecule has 4 rings (SSSR count). The van der Waals surface area contributed by atoms with Gasteiger partial charge in [-0.05, 0) is 80.4 Å². The first-order chi connectivity index (χ1) is 26.8. The lowest BCUT2D eigenvalue weighted by Crippen LogP contribution is -2.35. The highest BCUT2D eigenvalue weighted by atomic mass is 28.4. The van der Waals surface area contributed by atoms with Crippen LogP contribution in [0.1, 0.15) is 112 Å². The molecule has 0 saturated heterocycles. The van der Waals surface area contributed by atoms with Crippen LogP contribution in [-0.2, 0) is 8.85 Å². The maximum Gasteiger partial charge on any atom is 0.343 e. The van der Waals surface area contributed by atoms with Gasteiger partial charge in [-0.3, -0.25) is 0 Å². The van der Waals surface area contributed by atoms with Gasteiger partial charge in [-0.25, -0.2) is 9.59 Å². The third kappa shape index (κ3) is 14.0. The molecule has 0 amide bonds. The average Bonchev–Trinajstić information content (AvgIpc) is 3.21. The van der Waals surface area contributed by atoms with Crippen molar-refractivity contribution in [2.45, 2.75) is 103 Å². The second-order valence-electron chi connectivity index (χ2n) is 13.9. The van der Waals surface area contributed by atoms with Crippen LogP contribution >= 0.6 is 0 Å². The molecule has 0 saturated carbocycles. The number of carbonyl (C=O) groups excluding carboxylic acids is 2. The van der Waals surface area contributed by atoms with E-state index in [2.05, 4.69) is 20.4 Å². The number of fused-ring (bicyclic) bond motifs is 1. The minimum atomic E-state index is -2.10. The summed E-state index contributed by atoms with van der Waals surface area (Å²) < 4.78 is 41.4. The Hall–Kier alpha value is -4.38. The van der Waals surface area contributed by atoms with Crippen molar-refractivity contribution < 1.29 is 42.1 Å². The van der Waals surface area contributed by atoms with Gasteiger partial charge in [-0.2, -0.15) is 0 Å². The van der Waals surface area contributed by atoms with Crippen molar-refractivity contribution in [2.24, 2.45) is 0 Å². The Kier molecular flexibility index (Phi) is 18.5. The van der Waals surface area contributed by atoms with E-state index in [1.54, 1.807) is 68.8 Å². The average molecular weight is 773 g/mol. The molecule has 9 nitrogen and oxygen atoms in total. The largest absolute Gasteiger partial charge is 0.494 e. The molecule has 298 valence electrons. The second-order valence-corrected chi connectivity index (χ2v) is 17.5. The highest BCUT2D eigenvalue weighted by molar-refractivity contribution is 6.65. The summed E-state index contributed by atoms with van der Waals surface area (Å²) >= 11 is 0. The van der Waals surface area contributed by atoms with Crippen LogP contribution in [0.2, 0.25) is 12.6 Å². The third-order valence-corrected chi connectivity index (χ3v) is 12.7. The zero-order valence-electron chi connectivity index (χ0n) is 33.5. The van der Waals surface area contributed by atoms with E-state index in [1.807, 2.05) is 24.3 Å². The molecule has 0 spiro atoms. The summed E-state index contributed by atoms with van der Waals surface area (Å²) in [5.74, 6) is 1.23. The number of hydrogen-bond donors (Lipinski definition) is 0. The number of rotatable bonds is 26. The van der Waals surface area contributed by atoms with E-state index in [9.17, 15) is 9.59 Å². The van der Waals surface area contributed by atoms with Gasteiger partial charge in [-0.1, -0.05) is 95.9 Å². The van der Waals surface area contributed by atoms with E-state index in [1.165, 1.54) is 25.7 Å². The lowest BCUT2D eigenvalue weighted by Gasteiger charge is -2.22. The third-order valence-electron chi connectivity index (χ3n) is 9.68. The van der Waals surface area contributed by atoms with Gasteiger partial charge >= 0.3 is 20.5 Å². The van der Waals surface area contributed by atoms with Crippen LogP contribution in [0.3, 0.4) is 0 Å². The molecular formula is C45H60O9Si. The molecule has 0 radical (unpaired) electrons. The van der Waals surface area contributed by atoms with Crippen LogP contribution in [0.25, 0.3) is 10.8 Å². The second kappa shape index (κ2) is 23.5. The van der Waals surface area contributed by atoms with E-state index in [-0.39, 0.29) is 5.75 Å². The maximum absolute atomic E-state index is 13.6. The van der Waals surface area contributed by atoms with Gasteiger partial charge in [-0.15, -0.1) is 0 Å². The molecule has 4 aromatic carbocycles. The van der Waals surface area contributed by atoms with Crippen LogP contribution in [0.4, 0.5) is 0 Å². The number of ether oxygens (including phenoxy) is 5. The Bertz CT molecular complexity index is 1740. The van der Waals surface area contributed by atoms with Crippen molar-refractivity contribution >= 4 is 31.3 Å². The molecule has 0 fully saturated rings. The zero-order chi connectivity index (χ0) is 39.3. The van der Waals surface area contributed by atoms with Gasteiger partial charge in [0.05, 0.1) is 30.9 Å². The molecule has 0 unspecified atom stereocenters. The molecule has 0 N–H and O–H groups in total. The molecule has 0 aliphatic carbocycles. The molecule has 0 bridgehead atoms. The lowest BCUT2D eigenvalue weighted by atomic mass is 10.1. The number of carbonyl (C=O) groups is 2. The minimum Gasteiger partial charge on any atom is -0.494 e. The molecule has 4 aromatic rings. The summed E-state index contributed by atoms with van der Waals surface area (Å²) in [5.41, 5.74) is 0.759. The van der Waals surface area contributed by atoms with Crippen LogP contribution < -0.4 is 23.7 Å². The summed E-state index contributed by atoms with van der Waals surface area (Å²) in [6.07, 6.45) is 12.7. The van der Waals surface area contributed by atoms with E-state index >= 15 is 0 Å². The molecule has 0 aromatic heterocycles. The van der Waals surface area contributed by atoms with Crippen molar-refractivity contribution in [1.29, 1.82) is 0 Å². The number of hydrogen-bond acceptors (Lipinski definition) is 9. The molecule has 0 heterocycles. The van der Waals surface area contributed by atoms with Crippen LogP contribution in [0, 0.1) is 0 Å². The molecule has 55 heavy (non-hydrogen) atoms. The summed E-state index contributed by atoms with van der Waals surface area (Å²) in [6.45, 7) is 8.08. The fourth-order valence-corrected chi connectivity index (χ4v) is 7.55. The zero-order valence-corrected chi connectivity index (χ0v) is 34.5. The van der Waals surface area contributed by atoms with Gasteiger partial charge in [0.1, 0.15) is 17.2 Å². The van der Waals surface area contributed by atoms with E-state index in [0.29, 0.717) is 64.7 Å². The topological polar surface area (TPSA) is 98.8 Å². The van der Waals surface area contributed by atoms with Gasteiger partial charge in [0, 0.05) is 31.1 Å².